The molecule has 3 aromatic carbocycles. The van der Waals surface area contributed by atoms with Crippen LogP contribution in [0.15, 0.2) is 60.7 Å². The van der Waals surface area contributed by atoms with Gasteiger partial charge in [-0.15, -0.1) is 0 Å². The Hall–Kier alpha value is -3.33. The zero-order chi connectivity index (χ0) is 28.3. The summed E-state index contributed by atoms with van der Waals surface area (Å²) in [6.45, 7) is 10.8. The third-order valence-electron chi connectivity index (χ3n) is 7.91. The molecule has 0 saturated carbocycles. The average Bonchev–Trinajstić information content (AvgIpc) is 2.94. The number of nitrogens with zero attached hydrogens (tertiary/aromatic N) is 3. The van der Waals surface area contributed by atoms with E-state index in [0.717, 1.165) is 40.6 Å². The Balaban J connectivity index is 1.47. The summed E-state index contributed by atoms with van der Waals surface area (Å²) < 4.78 is 0. The van der Waals surface area contributed by atoms with Crippen LogP contribution in [-0.4, -0.2) is 15.0 Å². The molecule has 0 aliphatic carbocycles. The Kier molecular flexibility index (Phi) is 11.0. The van der Waals surface area contributed by atoms with Crippen molar-refractivity contribution in [3.63, 3.8) is 0 Å². The molecule has 4 rings (SSSR count). The molecule has 0 amide bonds. The summed E-state index contributed by atoms with van der Waals surface area (Å²) in [5, 5.41) is 0. The van der Waals surface area contributed by atoms with E-state index in [1.807, 2.05) is 0 Å². The molecule has 0 aliphatic heterocycles. The Morgan fingerprint density at radius 1 is 0.475 bits per heavy atom. The molecular weight excluding hydrogens is 486 g/mol. The van der Waals surface area contributed by atoms with Gasteiger partial charge in [-0.2, -0.15) is 0 Å². The first kappa shape index (κ1) is 29.6. The van der Waals surface area contributed by atoms with Crippen LogP contribution in [0.2, 0.25) is 0 Å². The van der Waals surface area contributed by atoms with Crippen molar-refractivity contribution in [1.82, 2.24) is 15.0 Å². The average molecular weight is 534 g/mol. The first-order chi connectivity index (χ1) is 19.4. The van der Waals surface area contributed by atoms with E-state index in [-0.39, 0.29) is 0 Å². The third kappa shape index (κ3) is 8.34. The number of hydrogen-bond acceptors (Lipinski definition) is 3. The van der Waals surface area contributed by atoms with Crippen LogP contribution in [0.1, 0.15) is 98.9 Å². The monoisotopic (exact) mass is 533 g/mol. The number of unbranched alkanes of at least 4 members (excludes halogenated alkanes) is 9. The summed E-state index contributed by atoms with van der Waals surface area (Å²) in [4.78, 5) is 14.9. The van der Waals surface area contributed by atoms with Crippen molar-refractivity contribution < 1.29 is 0 Å². The number of aromatic nitrogens is 3. The van der Waals surface area contributed by atoms with Crippen LogP contribution in [-0.2, 0) is 6.42 Å². The molecule has 1 aromatic heterocycles. The minimum Gasteiger partial charge on any atom is -0.208 e. The molecule has 210 valence electrons. The molecule has 40 heavy (non-hydrogen) atoms. The van der Waals surface area contributed by atoms with E-state index in [2.05, 4.69) is 95.3 Å². The van der Waals surface area contributed by atoms with Crippen molar-refractivity contribution >= 4 is 0 Å². The van der Waals surface area contributed by atoms with Crippen molar-refractivity contribution in [3.05, 3.63) is 88.5 Å². The predicted octanol–water partition coefficient (Wildman–Crippen LogP) is 10.6. The number of hydrogen-bond donors (Lipinski definition) is 0. The summed E-state index contributed by atoms with van der Waals surface area (Å²) in [7, 11) is 0. The van der Waals surface area contributed by atoms with Crippen LogP contribution in [0.5, 0.6) is 0 Å². The number of aryl methyl sites for hydroxylation is 5. The zero-order valence-electron chi connectivity index (χ0n) is 25.4. The Bertz CT molecular complexity index is 1300. The largest absolute Gasteiger partial charge is 0.208 e. The summed E-state index contributed by atoms with van der Waals surface area (Å²) in [5.74, 6) is 2.18. The smallest absolute Gasteiger partial charge is 0.164 e. The molecule has 0 bridgehead atoms. The van der Waals surface area contributed by atoms with E-state index in [4.69, 9.17) is 15.0 Å². The van der Waals surface area contributed by atoms with Gasteiger partial charge in [0.05, 0.1) is 0 Å². The lowest BCUT2D eigenvalue weighted by Gasteiger charge is -2.12. The van der Waals surface area contributed by atoms with Gasteiger partial charge >= 0.3 is 0 Å². The molecule has 0 saturated heterocycles. The molecule has 3 nitrogen and oxygen atoms in total. The van der Waals surface area contributed by atoms with Crippen LogP contribution in [0.25, 0.3) is 34.2 Å². The fraction of sp³-hybridized carbons (Fsp3) is 0.432. The van der Waals surface area contributed by atoms with E-state index >= 15 is 0 Å². The second-order valence-corrected chi connectivity index (χ2v) is 11.6. The lowest BCUT2D eigenvalue weighted by molar-refractivity contribution is 0.556. The van der Waals surface area contributed by atoms with Gasteiger partial charge in [-0.3, -0.25) is 0 Å². The topological polar surface area (TPSA) is 38.7 Å². The Morgan fingerprint density at radius 3 is 1.40 bits per heavy atom. The highest BCUT2D eigenvalue weighted by Gasteiger charge is 2.15. The maximum Gasteiger partial charge on any atom is 0.164 e. The fourth-order valence-electron chi connectivity index (χ4n) is 5.51. The van der Waals surface area contributed by atoms with Crippen molar-refractivity contribution in [2.45, 2.75) is 105 Å². The van der Waals surface area contributed by atoms with E-state index in [9.17, 15) is 0 Å². The molecule has 3 heteroatoms. The minimum absolute atomic E-state index is 0.727. The number of rotatable bonds is 14. The number of benzene rings is 3. The first-order valence-electron chi connectivity index (χ1n) is 15.4. The third-order valence-corrected chi connectivity index (χ3v) is 7.91. The van der Waals surface area contributed by atoms with Crippen molar-refractivity contribution in [1.29, 1.82) is 0 Å². The highest BCUT2D eigenvalue weighted by Crippen LogP contribution is 2.29. The first-order valence-corrected chi connectivity index (χ1v) is 15.4. The van der Waals surface area contributed by atoms with E-state index in [1.54, 1.807) is 0 Å². The maximum atomic E-state index is 4.97. The SMILES string of the molecule is CCCCCCCCCCCCc1ccc(-c2nc(-c3ccc(C)cc3C)nc(-c3ccc(C)cc3C)n2)cc1. The van der Waals surface area contributed by atoms with Gasteiger partial charge in [-0.05, 0) is 57.2 Å². The molecule has 0 spiro atoms. The molecule has 0 N–H and O–H groups in total. The summed E-state index contributed by atoms with van der Waals surface area (Å²) in [6, 6.07) is 21.8. The van der Waals surface area contributed by atoms with E-state index < -0.39 is 0 Å². The quantitative estimate of drug-likeness (QED) is 0.151. The maximum absolute atomic E-state index is 4.97. The van der Waals surface area contributed by atoms with Crippen molar-refractivity contribution in [3.8, 4) is 34.2 Å². The van der Waals surface area contributed by atoms with Crippen molar-refractivity contribution in [2.75, 3.05) is 0 Å². The molecule has 4 aromatic rings. The highest BCUT2D eigenvalue weighted by molar-refractivity contribution is 5.69. The standard InChI is InChI=1S/C37H47N3/c1-6-7-8-9-10-11-12-13-14-15-16-31-19-21-32(22-20-31)35-38-36(33-23-17-27(2)25-29(33)4)40-37(39-35)34-24-18-28(3)26-30(34)5/h17-26H,6-16H2,1-5H3. The lowest BCUT2D eigenvalue weighted by atomic mass is 10.0. The van der Waals surface area contributed by atoms with E-state index in [0.29, 0.717) is 0 Å². The molecule has 0 unspecified atom stereocenters. The predicted molar refractivity (Wildman–Crippen MR) is 171 cm³/mol. The van der Waals surface area contributed by atoms with Gasteiger partial charge in [0.2, 0.25) is 0 Å². The highest BCUT2D eigenvalue weighted by atomic mass is 15.0. The van der Waals surface area contributed by atoms with Gasteiger partial charge in [-0.25, -0.2) is 15.0 Å². The summed E-state index contributed by atoms with van der Waals surface area (Å²) in [6.07, 6.45) is 14.8. The van der Waals surface area contributed by atoms with E-state index in [1.165, 1.54) is 92.0 Å². The molecular formula is C37H47N3. The normalized spacial score (nSPS) is 11.2. The van der Waals surface area contributed by atoms with Gasteiger partial charge < -0.3 is 0 Å². The summed E-state index contributed by atoms with van der Waals surface area (Å²) in [5.41, 5.74) is 9.36. The van der Waals surface area contributed by atoms with Gasteiger partial charge in [-0.1, -0.05) is 137 Å². The van der Waals surface area contributed by atoms with Gasteiger partial charge in [0.1, 0.15) is 0 Å². The Morgan fingerprint density at radius 2 is 0.925 bits per heavy atom. The van der Waals surface area contributed by atoms with Crippen LogP contribution < -0.4 is 0 Å². The van der Waals surface area contributed by atoms with Gasteiger partial charge in [0.15, 0.2) is 17.5 Å². The fourth-order valence-corrected chi connectivity index (χ4v) is 5.51. The second kappa shape index (κ2) is 14.9. The van der Waals surface area contributed by atoms with Crippen molar-refractivity contribution in [2.24, 2.45) is 0 Å². The summed E-state index contributed by atoms with van der Waals surface area (Å²) >= 11 is 0. The second-order valence-electron chi connectivity index (χ2n) is 11.6. The molecule has 0 radical (unpaired) electrons. The molecule has 0 fully saturated rings. The molecule has 0 atom stereocenters. The lowest BCUT2D eigenvalue weighted by Crippen LogP contribution is -2.02. The van der Waals surface area contributed by atoms with Gasteiger partial charge in [0.25, 0.3) is 0 Å². The molecule has 1 heterocycles. The van der Waals surface area contributed by atoms with Crippen LogP contribution >= 0.6 is 0 Å². The minimum atomic E-state index is 0.727. The Labute approximate surface area is 242 Å². The van der Waals surface area contributed by atoms with Gasteiger partial charge in [0, 0.05) is 16.7 Å². The van der Waals surface area contributed by atoms with Crippen LogP contribution in [0.4, 0.5) is 0 Å². The molecule has 0 aliphatic rings. The van der Waals surface area contributed by atoms with Crippen LogP contribution in [0, 0.1) is 27.7 Å². The zero-order valence-corrected chi connectivity index (χ0v) is 25.4. The van der Waals surface area contributed by atoms with Crippen LogP contribution in [0.3, 0.4) is 0 Å².